The summed E-state index contributed by atoms with van der Waals surface area (Å²) >= 11 is 0. The third-order valence-electron chi connectivity index (χ3n) is 5.49. The van der Waals surface area contributed by atoms with Crippen LogP contribution in [-0.2, 0) is 6.54 Å². The van der Waals surface area contributed by atoms with Gasteiger partial charge in [-0.25, -0.2) is 4.98 Å². The van der Waals surface area contributed by atoms with Crippen molar-refractivity contribution in [3.63, 3.8) is 0 Å². The zero-order chi connectivity index (χ0) is 17.9. The molecular formula is C21H27N5. The Labute approximate surface area is 155 Å². The molecule has 1 N–H and O–H groups in total. The number of pyridine rings is 2. The molecule has 1 fully saturated rings. The lowest BCUT2D eigenvalue weighted by Gasteiger charge is -2.29. The van der Waals surface area contributed by atoms with Crippen LogP contribution in [0, 0.1) is 12.8 Å². The van der Waals surface area contributed by atoms with Crippen molar-refractivity contribution in [2.75, 3.05) is 32.0 Å². The minimum atomic E-state index is 0.758. The van der Waals surface area contributed by atoms with Crippen molar-refractivity contribution in [3.05, 3.63) is 54.1 Å². The lowest BCUT2D eigenvalue weighted by molar-refractivity contribution is 0.226. The summed E-state index contributed by atoms with van der Waals surface area (Å²) in [6.07, 6.45) is 8.32. The summed E-state index contributed by atoms with van der Waals surface area (Å²) in [5.41, 5.74) is 3.63. The van der Waals surface area contributed by atoms with Crippen LogP contribution in [0.1, 0.15) is 24.1 Å². The molecular weight excluding hydrogens is 322 g/mol. The monoisotopic (exact) mass is 349 g/mol. The number of hydrogen-bond donors (Lipinski definition) is 1. The van der Waals surface area contributed by atoms with Gasteiger partial charge < -0.3 is 14.8 Å². The Bertz CT molecular complexity index is 860. The Balaban J connectivity index is 1.39. The minimum Gasteiger partial charge on any atom is -0.370 e. The number of hydrogen-bond acceptors (Lipinski definition) is 4. The number of nitrogens with zero attached hydrogens (tertiary/aromatic N) is 4. The molecule has 0 radical (unpaired) electrons. The topological polar surface area (TPSA) is 46.0 Å². The van der Waals surface area contributed by atoms with E-state index in [2.05, 4.69) is 63.0 Å². The van der Waals surface area contributed by atoms with E-state index >= 15 is 0 Å². The maximum Gasteiger partial charge on any atom is 0.125 e. The van der Waals surface area contributed by atoms with E-state index in [-0.39, 0.29) is 0 Å². The van der Waals surface area contributed by atoms with Crippen LogP contribution in [0.2, 0.25) is 0 Å². The molecule has 1 aliphatic rings. The Morgan fingerprint density at radius 3 is 2.77 bits per heavy atom. The van der Waals surface area contributed by atoms with Crippen molar-refractivity contribution < 1.29 is 0 Å². The quantitative estimate of drug-likeness (QED) is 0.765. The van der Waals surface area contributed by atoms with Crippen molar-refractivity contribution in [1.29, 1.82) is 0 Å². The van der Waals surface area contributed by atoms with Crippen LogP contribution in [0.3, 0.4) is 0 Å². The second-order valence-corrected chi connectivity index (χ2v) is 7.49. The standard InChI is InChI=1S/C21H27N5/c1-16-11-19-5-8-22-14-20(19)26(16)15-18-3-4-21(24-13-18)23-12-17-6-9-25(2)10-7-17/h3-5,8,11,13-14,17H,6-7,9-10,12,15H2,1-2H3,(H,23,24). The number of likely N-dealkylation sites (tertiary alicyclic amines) is 1. The van der Waals surface area contributed by atoms with E-state index in [9.17, 15) is 0 Å². The van der Waals surface area contributed by atoms with E-state index in [0.29, 0.717) is 0 Å². The molecule has 0 bridgehead atoms. The van der Waals surface area contributed by atoms with Crippen molar-refractivity contribution in [1.82, 2.24) is 19.4 Å². The molecule has 0 saturated carbocycles. The summed E-state index contributed by atoms with van der Waals surface area (Å²) in [5.74, 6) is 1.73. The summed E-state index contributed by atoms with van der Waals surface area (Å²) in [7, 11) is 2.20. The number of rotatable bonds is 5. The number of anilines is 1. The average molecular weight is 349 g/mol. The minimum absolute atomic E-state index is 0.758. The molecule has 1 aliphatic heterocycles. The predicted octanol–water partition coefficient (Wildman–Crippen LogP) is 3.54. The zero-order valence-electron chi connectivity index (χ0n) is 15.7. The van der Waals surface area contributed by atoms with Gasteiger partial charge in [0.05, 0.1) is 11.7 Å². The van der Waals surface area contributed by atoms with E-state index in [0.717, 1.165) is 24.8 Å². The van der Waals surface area contributed by atoms with Crippen molar-refractivity contribution >= 4 is 16.7 Å². The highest BCUT2D eigenvalue weighted by Gasteiger charge is 2.16. The van der Waals surface area contributed by atoms with E-state index in [1.165, 1.54) is 48.1 Å². The molecule has 4 heterocycles. The van der Waals surface area contributed by atoms with Gasteiger partial charge in [-0.1, -0.05) is 6.07 Å². The van der Waals surface area contributed by atoms with Crippen molar-refractivity contribution in [3.8, 4) is 0 Å². The van der Waals surface area contributed by atoms with Crippen LogP contribution in [0.15, 0.2) is 42.9 Å². The summed E-state index contributed by atoms with van der Waals surface area (Å²) in [4.78, 5) is 11.3. The molecule has 0 spiro atoms. The highest BCUT2D eigenvalue weighted by atomic mass is 15.1. The van der Waals surface area contributed by atoms with Crippen LogP contribution < -0.4 is 5.32 Å². The van der Waals surface area contributed by atoms with E-state index in [1.54, 1.807) is 0 Å². The molecule has 0 aliphatic carbocycles. The molecule has 3 aromatic rings. The van der Waals surface area contributed by atoms with Crippen LogP contribution in [0.25, 0.3) is 10.9 Å². The van der Waals surface area contributed by atoms with Crippen LogP contribution in [-0.4, -0.2) is 46.1 Å². The average Bonchev–Trinajstić information content (AvgIpc) is 2.98. The van der Waals surface area contributed by atoms with Gasteiger partial charge in [-0.15, -0.1) is 0 Å². The van der Waals surface area contributed by atoms with Gasteiger partial charge in [0.15, 0.2) is 0 Å². The third-order valence-corrected chi connectivity index (χ3v) is 5.49. The summed E-state index contributed by atoms with van der Waals surface area (Å²) in [6, 6.07) is 8.55. The lowest BCUT2D eigenvalue weighted by atomic mass is 9.97. The van der Waals surface area contributed by atoms with Crippen molar-refractivity contribution in [2.24, 2.45) is 5.92 Å². The first-order chi connectivity index (χ1) is 12.7. The maximum absolute atomic E-state index is 4.62. The lowest BCUT2D eigenvalue weighted by Crippen LogP contribution is -2.33. The molecule has 0 atom stereocenters. The normalized spacial score (nSPS) is 16.2. The molecule has 26 heavy (non-hydrogen) atoms. The predicted molar refractivity (Wildman–Crippen MR) is 107 cm³/mol. The van der Waals surface area contributed by atoms with Gasteiger partial charge in [0.1, 0.15) is 5.82 Å². The molecule has 4 rings (SSSR count). The highest BCUT2D eigenvalue weighted by Crippen LogP contribution is 2.20. The van der Waals surface area contributed by atoms with Gasteiger partial charge >= 0.3 is 0 Å². The Kier molecular flexibility index (Phi) is 4.89. The fourth-order valence-corrected chi connectivity index (χ4v) is 3.77. The fourth-order valence-electron chi connectivity index (χ4n) is 3.77. The van der Waals surface area contributed by atoms with Crippen molar-refractivity contribution in [2.45, 2.75) is 26.3 Å². The number of aryl methyl sites for hydroxylation is 1. The van der Waals surface area contributed by atoms with Gasteiger partial charge in [-0.3, -0.25) is 4.98 Å². The number of piperidine rings is 1. The number of nitrogens with one attached hydrogen (secondary N) is 1. The molecule has 136 valence electrons. The summed E-state index contributed by atoms with van der Waals surface area (Å²) in [5, 5.41) is 4.75. The van der Waals surface area contributed by atoms with Gasteiger partial charge in [-0.2, -0.15) is 0 Å². The zero-order valence-corrected chi connectivity index (χ0v) is 15.7. The second-order valence-electron chi connectivity index (χ2n) is 7.49. The molecule has 0 unspecified atom stereocenters. The van der Waals surface area contributed by atoms with E-state index in [1.807, 2.05) is 18.6 Å². The Morgan fingerprint density at radius 1 is 1.15 bits per heavy atom. The van der Waals surface area contributed by atoms with Gasteiger partial charge in [-0.05, 0) is 69.6 Å². The molecule has 5 heteroatoms. The van der Waals surface area contributed by atoms with Crippen LogP contribution >= 0.6 is 0 Å². The molecule has 0 amide bonds. The Hall–Kier alpha value is -2.40. The van der Waals surface area contributed by atoms with Gasteiger partial charge in [0, 0.05) is 36.6 Å². The smallest absolute Gasteiger partial charge is 0.125 e. The maximum atomic E-state index is 4.62. The van der Waals surface area contributed by atoms with E-state index < -0.39 is 0 Å². The molecule has 0 aromatic carbocycles. The SMILES string of the molecule is Cc1cc2ccncc2n1Cc1ccc(NCC2CCN(C)CC2)nc1. The number of fused-ring (bicyclic) bond motifs is 1. The van der Waals surface area contributed by atoms with Gasteiger partial charge in [0.25, 0.3) is 0 Å². The van der Waals surface area contributed by atoms with Crippen LogP contribution in [0.4, 0.5) is 5.82 Å². The van der Waals surface area contributed by atoms with Gasteiger partial charge in [0.2, 0.25) is 0 Å². The Morgan fingerprint density at radius 2 is 2.00 bits per heavy atom. The second kappa shape index (κ2) is 7.46. The number of aromatic nitrogens is 3. The third kappa shape index (κ3) is 3.73. The summed E-state index contributed by atoms with van der Waals surface area (Å²) < 4.78 is 2.30. The highest BCUT2D eigenvalue weighted by molar-refractivity contribution is 5.80. The first kappa shape index (κ1) is 17.0. The first-order valence-corrected chi connectivity index (χ1v) is 9.46. The largest absolute Gasteiger partial charge is 0.370 e. The van der Waals surface area contributed by atoms with Crippen LogP contribution in [0.5, 0.6) is 0 Å². The summed E-state index contributed by atoms with van der Waals surface area (Å²) in [6.45, 7) is 6.40. The van der Waals surface area contributed by atoms with E-state index in [4.69, 9.17) is 0 Å². The molecule has 3 aromatic heterocycles. The molecule has 1 saturated heterocycles. The first-order valence-electron chi connectivity index (χ1n) is 9.46. The molecule has 5 nitrogen and oxygen atoms in total. The fraction of sp³-hybridized carbons (Fsp3) is 0.429.